The minimum absolute atomic E-state index is 0.218. The van der Waals surface area contributed by atoms with Crippen LogP contribution in [-0.2, 0) is 11.3 Å². The maximum Gasteiger partial charge on any atom is 0.273 e. The van der Waals surface area contributed by atoms with Gasteiger partial charge in [-0.1, -0.05) is 29.3 Å². The molecule has 2 rings (SSSR count). The first kappa shape index (κ1) is 22.3. The molecule has 5 N–H and O–H groups in total. The predicted molar refractivity (Wildman–Crippen MR) is 116 cm³/mol. The molecule has 0 bridgehead atoms. The van der Waals surface area contributed by atoms with Crippen molar-refractivity contribution in [2.45, 2.75) is 39.3 Å². The van der Waals surface area contributed by atoms with Gasteiger partial charge in [-0.05, 0) is 69.1 Å². The molecule has 1 aliphatic heterocycles. The largest absolute Gasteiger partial charge is 0.377 e. The predicted octanol–water partition coefficient (Wildman–Crippen LogP) is 3.33. The molecule has 1 aromatic carbocycles. The third-order valence-corrected chi connectivity index (χ3v) is 5.27. The van der Waals surface area contributed by atoms with Crippen LogP contribution in [0.4, 0.5) is 0 Å². The number of carbonyl (C=O) groups excluding carboxylic acids is 1. The summed E-state index contributed by atoms with van der Waals surface area (Å²) in [6.07, 6.45) is 4.86. The van der Waals surface area contributed by atoms with Crippen molar-refractivity contribution in [2.75, 3.05) is 13.1 Å². The van der Waals surface area contributed by atoms with Crippen LogP contribution in [0.5, 0.6) is 0 Å². The van der Waals surface area contributed by atoms with Crippen LogP contribution >= 0.6 is 23.2 Å². The second-order valence-corrected chi connectivity index (χ2v) is 7.44. The van der Waals surface area contributed by atoms with E-state index >= 15 is 0 Å². The number of hydrogen-bond donors (Lipinski definition) is 5. The molecule has 1 amide bonds. The van der Waals surface area contributed by atoms with Crippen LogP contribution in [0.1, 0.15) is 32.3 Å². The molecule has 1 aliphatic rings. The number of rotatable bonds is 8. The van der Waals surface area contributed by atoms with Crippen molar-refractivity contribution < 1.29 is 4.79 Å². The van der Waals surface area contributed by atoms with Gasteiger partial charge in [-0.25, -0.2) is 0 Å². The van der Waals surface area contributed by atoms with Crippen molar-refractivity contribution in [1.29, 1.82) is 5.41 Å². The van der Waals surface area contributed by atoms with Gasteiger partial charge in [-0.15, -0.1) is 0 Å². The molecule has 1 fully saturated rings. The minimum atomic E-state index is -0.269. The highest BCUT2D eigenvalue weighted by molar-refractivity contribution is 6.42. The Labute approximate surface area is 176 Å². The van der Waals surface area contributed by atoms with Gasteiger partial charge in [0.05, 0.1) is 10.0 Å². The van der Waals surface area contributed by atoms with Crippen LogP contribution in [0.3, 0.4) is 0 Å². The Morgan fingerprint density at radius 3 is 2.61 bits per heavy atom. The maximum atomic E-state index is 12.8. The lowest BCUT2D eigenvalue weighted by Crippen LogP contribution is -2.44. The Morgan fingerprint density at radius 1 is 1.29 bits per heavy atom. The van der Waals surface area contributed by atoms with Gasteiger partial charge in [0.25, 0.3) is 5.91 Å². The summed E-state index contributed by atoms with van der Waals surface area (Å²) in [6.45, 7) is 5.92. The van der Waals surface area contributed by atoms with Crippen molar-refractivity contribution in [3.63, 3.8) is 0 Å². The lowest BCUT2D eigenvalue weighted by atomic mass is 10.1. The minimum Gasteiger partial charge on any atom is -0.377 e. The van der Waals surface area contributed by atoms with Crippen molar-refractivity contribution in [2.24, 2.45) is 0 Å². The van der Waals surface area contributed by atoms with Gasteiger partial charge in [0.1, 0.15) is 11.5 Å². The molecular formula is C20H27Cl2N5O. The van der Waals surface area contributed by atoms with Gasteiger partial charge in [-0.3, -0.25) is 4.79 Å². The Balaban J connectivity index is 2.00. The van der Waals surface area contributed by atoms with Gasteiger partial charge >= 0.3 is 0 Å². The van der Waals surface area contributed by atoms with E-state index in [9.17, 15) is 4.79 Å². The zero-order valence-electron chi connectivity index (χ0n) is 16.2. The molecule has 0 aliphatic carbocycles. The highest BCUT2D eigenvalue weighted by atomic mass is 35.5. The zero-order valence-corrected chi connectivity index (χ0v) is 17.7. The lowest BCUT2D eigenvalue weighted by molar-refractivity contribution is -0.117. The van der Waals surface area contributed by atoms with Crippen molar-refractivity contribution in [3.8, 4) is 0 Å². The number of benzene rings is 1. The number of piperidine rings is 1. The second-order valence-electron chi connectivity index (χ2n) is 6.63. The average molecular weight is 424 g/mol. The Hall–Kier alpha value is -2.02. The molecule has 28 heavy (non-hydrogen) atoms. The van der Waals surface area contributed by atoms with Gasteiger partial charge in [0.2, 0.25) is 0 Å². The van der Waals surface area contributed by atoms with Gasteiger partial charge < -0.3 is 26.7 Å². The van der Waals surface area contributed by atoms with Crippen LogP contribution in [0.2, 0.25) is 10.0 Å². The van der Waals surface area contributed by atoms with Crippen molar-refractivity contribution in [3.05, 3.63) is 57.0 Å². The van der Waals surface area contributed by atoms with Crippen LogP contribution < -0.4 is 21.3 Å². The van der Waals surface area contributed by atoms with Crippen LogP contribution in [0.25, 0.3) is 0 Å². The summed E-state index contributed by atoms with van der Waals surface area (Å²) in [5, 5.41) is 21.2. The quantitative estimate of drug-likeness (QED) is 0.327. The van der Waals surface area contributed by atoms with Crippen molar-refractivity contribution >= 4 is 35.3 Å². The maximum absolute atomic E-state index is 12.8. The number of hydrogen-bond acceptors (Lipinski definition) is 5. The third kappa shape index (κ3) is 6.55. The van der Waals surface area contributed by atoms with E-state index in [2.05, 4.69) is 21.3 Å². The number of allylic oxidation sites excluding steroid dienone is 2. The van der Waals surface area contributed by atoms with E-state index in [0.29, 0.717) is 33.7 Å². The molecule has 1 saturated heterocycles. The van der Waals surface area contributed by atoms with Crippen LogP contribution in [0.15, 0.2) is 41.4 Å². The first-order valence-electron chi connectivity index (χ1n) is 9.28. The number of amides is 1. The fraction of sp³-hybridized carbons (Fsp3) is 0.400. The highest BCUT2D eigenvalue weighted by Crippen LogP contribution is 2.22. The normalized spacial score (nSPS) is 16.2. The second kappa shape index (κ2) is 11.1. The van der Waals surface area contributed by atoms with Gasteiger partial charge in [0, 0.05) is 18.8 Å². The molecule has 152 valence electrons. The SMILES string of the molecule is C/C=C(\NCc1ccc(Cl)c(Cl)c1)NC(=O)/C(NC1CCNCC1)=C(\C)C=N. The smallest absolute Gasteiger partial charge is 0.273 e. The Bertz CT molecular complexity index is 770. The number of nitrogens with one attached hydrogen (secondary N) is 5. The van der Waals surface area contributed by atoms with Crippen LogP contribution in [-0.4, -0.2) is 31.3 Å². The van der Waals surface area contributed by atoms with Gasteiger partial charge in [-0.2, -0.15) is 0 Å². The Kier molecular flexibility index (Phi) is 8.83. The Morgan fingerprint density at radius 2 is 2.00 bits per heavy atom. The summed E-state index contributed by atoms with van der Waals surface area (Å²) >= 11 is 12.0. The first-order chi connectivity index (χ1) is 13.4. The first-order valence-corrected chi connectivity index (χ1v) is 10.0. The molecule has 0 saturated carbocycles. The summed E-state index contributed by atoms with van der Waals surface area (Å²) in [7, 11) is 0. The highest BCUT2D eigenvalue weighted by Gasteiger charge is 2.19. The van der Waals surface area contributed by atoms with E-state index < -0.39 is 0 Å². The molecule has 0 radical (unpaired) electrons. The molecule has 1 heterocycles. The monoisotopic (exact) mass is 423 g/mol. The molecule has 0 spiro atoms. The summed E-state index contributed by atoms with van der Waals surface area (Å²) in [5.74, 6) is 0.313. The molecule has 8 heteroatoms. The molecule has 0 aromatic heterocycles. The number of carbonyl (C=O) groups is 1. The van der Waals surface area contributed by atoms with Crippen LogP contribution in [0, 0.1) is 5.41 Å². The van der Waals surface area contributed by atoms with E-state index in [1.807, 2.05) is 13.0 Å². The summed E-state index contributed by atoms with van der Waals surface area (Å²) < 4.78 is 0. The topological polar surface area (TPSA) is 89.0 Å². The summed E-state index contributed by atoms with van der Waals surface area (Å²) in [4.78, 5) is 12.8. The molecule has 6 nitrogen and oxygen atoms in total. The lowest BCUT2D eigenvalue weighted by Gasteiger charge is -2.26. The molecule has 1 aromatic rings. The third-order valence-electron chi connectivity index (χ3n) is 4.53. The molecule has 0 unspecified atom stereocenters. The van der Waals surface area contributed by atoms with E-state index in [0.717, 1.165) is 31.5 Å². The summed E-state index contributed by atoms with van der Waals surface area (Å²) in [5.41, 5.74) is 1.97. The van der Waals surface area contributed by atoms with E-state index in [1.54, 1.807) is 25.1 Å². The number of halogens is 2. The standard InChI is InChI=1S/C20H27Cl2N5O/c1-3-18(25-12-14-4-5-16(21)17(22)10-14)27-20(28)19(13(2)11-23)26-15-6-8-24-9-7-15/h3-5,10-11,15,23-26H,6-9,12H2,1-2H3,(H,27,28)/b18-3+,19-13-,23-11?. The summed E-state index contributed by atoms with van der Waals surface area (Å²) in [6, 6.07) is 5.62. The zero-order chi connectivity index (χ0) is 20.5. The van der Waals surface area contributed by atoms with E-state index in [4.69, 9.17) is 28.6 Å². The molecule has 0 atom stereocenters. The average Bonchev–Trinajstić information content (AvgIpc) is 2.71. The fourth-order valence-electron chi connectivity index (χ4n) is 2.85. The van der Waals surface area contributed by atoms with E-state index in [1.165, 1.54) is 6.21 Å². The van der Waals surface area contributed by atoms with Crippen molar-refractivity contribution in [1.82, 2.24) is 21.3 Å². The molecular weight excluding hydrogens is 397 g/mol. The van der Waals surface area contributed by atoms with Gasteiger partial charge in [0.15, 0.2) is 0 Å². The fourth-order valence-corrected chi connectivity index (χ4v) is 3.17. The van der Waals surface area contributed by atoms with E-state index in [-0.39, 0.29) is 11.9 Å².